The zero-order valence-corrected chi connectivity index (χ0v) is 24.3. The second-order valence-corrected chi connectivity index (χ2v) is 19.4. The molecule has 32 heavy (non-hydrogen) atoms. The van der Waals surface area contributed by atoms with Gasteiger partial charge in [-0.3, -0.25) is 0 Å². The molecule has 0 bridgehead atoms. The number of aliphatic hydroxyl groups excluding tert-OH is 1. The van der Waals surface area contributed by atoms with Crippen molar-refractivity contribution in [3.05, 3.63) is 12.2 Å². The number of unbranched alkanes of at least 4 members (excludes halogenated alkanes) is 2. The number of carbonyl (C=O) groups is 1. The minimum Gasteiger partial charge on any atom is -0.462 e. The summed E-state index contributed by atoms with van der Waals surface area (Å²) >= 11 is 0. The van der Waals surface area contributed by atoms with Crippen LogP contribution >= 0.6 is 0 Å². The average molecular weight is 508 g/mol. The first-order chi connectivity index (χ1) is 15.0. The summed E-state index contributed by atoms with van der Waals surface area (Å²) in [7, 11) is -3.61. The van der Waals surface area contributed by atoms with Gasteiger partial charge in [0.2, 0.25) is 0 Å². The molecule has 0 aliphatic carbocycles. The Morgan fingerprint density at radius 1 is 0.969 bits per heavy atom. The zero-order valence-electron chi connectivity index (χ0n) is 21.3. The number of methoxy groups -OCH3 is 1. The van der Waals surface area contributed by atoms with Gasteiger partial charge in [-0.2, -0.15) is 0 Å². The first-order valence-electron chi connectivity index (χ1n) is 11.8. The molecule has 0 fully saturated rings. The molecule has 1 atom stereocenters. The first-order valence-corrected chi connectivity index (χ1v) is 19.5. The van der Waals surface area contributed by atoms with Crippen molar-refractivity contribution in [2.75, 3.05) is 40.1 Å². The molecule has 0 aromatic carbocycles. The maximum absolute atomic E-state index is 11.6. The van der Waals surface area contributed by atoms with Gasteiger partial charge in [0.15, 0.2) is 17.4 Å². The molecule has 0 aromatic heterocycles. The van der Waals surface area contributed by atoms with E-state index in [0.717, 1.165) is 56.8 Å². The van der Waals surface area contributed by atoms with Gasteiger partial charge in [-0.15, -0.1) is 0 Å². The monoisotopic (exact) mass is 507 g/mol. The molecule has 1 N–H and O–H groups in total. The third-order valence-corrected chi connectivity index (χ3v) is 15.9. The second kappa shape index (κ2) is 18.0. The molecule has 189 valence electrons. The maximum Gasteiger partial charge on any atom is 0.333 e. The molecule has 0 spiro atoms. The van der Waals surface area contributed by atoms with E-state index in [4.69, 9.17) is 27.5 Å². The molecule has 1 unspecified atom stereocenters. The molecule has 0 aliphatic heterocycles. The average Bonchev–Trinajstić information content (AvgIpc) is 2.70. The van der Waals surface area contributed by atoms with Gasteiger partial charge in [0.25, 0.3) is 0 Å². The highest BCUT2D eigenvalue weighted by molar-refractivity contribution is 6.85. The molecule has 0 saturated carbocycles. The Morgan fingerprint density at radius 3 is 2.31 bits per heavy atom. The molecule has 1 radical (unpaired) electrons. The number of esters is 1. The van der Waals surface area contributed by atoms with E-state index in [1.54, 1.807) is 14.0 Å². The van der Waals surface area contributed by atoms with Crippen molar-refractivity contribution >= 4 is 31.9 Å². The van der Waals surface area contributed by atoms with Crippen LogP contribution in [0, 0.1) is 0 Å². The molecule has 7 nitrogen and oxygen atoms in total. The predicted molar refractivity (Wildman–Crippen MR) is 136 cm³/mol. The summed E-state index contributed by atoms with van der Waals surface area (Å²) in [5.41, 5.74) is 0.427. The van der Waals surface area contributed by atoms with Crippen molar-refractivity contribution in [2.24, 2.45) is 0 Å². The Bertz CT molecular complexity index is 520. The molecular weight excluding hydrogens is 460 g/mol. The lowest BCUT2D eigenvalue weighted by Gasteiger charge is -2.37. The van der Waals surface area contributed by atoms with Gasteiger partial charge in [0.1, 0.15) is 0 Å². The molecule has 0 aliphatic rings. The third kappa shape index (κ3) is 17.2. The number of hydrogen-bond donors (Lipinski definition) is 1. The third-order valence-electron chi connectivity index (χ3n) is 4.93. The summed E-state index contributed by atoms with van der Waals surface area (Å²) in [6, 6.07) is 2.89. The van der Waals surface area contributed by atoms with Gasteiger partial charge in [0.05, 0.1) is 19.8 Å². The van der Waals surface area contributed by atoms with E-state index >= 15 is 0 Å². The largest absolute Gasteiger partial charge is 0.462 e. The van der Waals surface area contributed by atoms with Gasteiger partial charge in [0, 0.05) is 25.9 Å². The maximum atomic E-state index is 11.6. The van der Waals surface area contributed by atoms with Crippen LogP contribution in [0.3, 0.4) is 0 Å². The van der Waals surface area contributed by atoms with Crippen molar-refractivity contribution in [1.82, 2.24) is 0 Å². The van der Waals surface area contributed by atoms with E-state index < -0.39 is 25.9 Å². The number of hydrogen-bond acceptors (Lipinski definition) is 7. The molecule has 0 saturated heterocycles. The predicted octanol–water partition coefficient (Wildman–Crippen LogP) is 4.64. The van der Waals surface area contributed by atoms with Gasteiger partial charge in [-0.25, -0.2) is 4.79 Å². The van der Waals surface area contributed by atoms with E-state index in [-0.39, 0.29) is 12.6 Å². The van der Waals surface area contributed by atoms with Crippen LogP contribution in [0.4, 0.5) is 0 Å². The smallest absolute Gasteiger partial charge is 0.333 e. The lowest BCUT2D eigenvalue weighted by atomic mass is 10.3. The Balaban J connectivity index is 4.68. The molecule has 10 heteroatoms. The minimum absolute atomic E-state index is 0.231. The Kier molecular flexibility index (Phi) is 17.9. The van der Waals surface area contributed by atoms with Crippen LogP contribution in [0.15, 0.2) is 12.2 Å². The van der Waals surface area contributed by atoms with Crippen LogP contribution in [0.1, 0.15) is 39.0 Å². The Morgan fingerprint density at radius 2 is 1.69 bits per heavy atom. The van der Waals surface area contributed by atoms with E-state index in [2.05, 4.69) is 32.8 Å². The van der Waals surface area contributed by atoms with Crippen LogP contribution in [-0.2, 0) is 27.2 Å². The van der Waals surface area contributed by atoms with Gasteiger partial charge < -0.3 is 27.5 Å². The highest BCUT2D eigenvalue weighted by Crippen LogP contribution is 2.27. The van der Waals surface area contributed by atoms with E-state index in [1.807, 2.05) is 0 Å². The van der Waals surface area contributed by atoms with E-state index in [1.165, 1.54) is 0 Å². The van der Waals surface area contributed by atoms with Gasteiger partial charge in [-0.1, -0.05) is 19.4 Å². The highest BCUT2D eigenvalue weighted by Gasteiger charge is 2.39. The fourth-order valence-corrected chi connectivity index (χ4v) is 15.7. The summed E-state index contributed by atoms with van der Waals surface area (Å²) < 4.78 is 29.3. The van der Waals surface area contributed by atoms with Crippen molar-refractivity contribution < 1.29 is 32.3 Å². The number of aliphatic hydroxyl groups is 1. The Hall–Kier alpha value is -0.339. The summed E-state index contributed by atoms with van der Waals surface area (Å²) in [5, 5.41) is 9.10. The van der Waals surface area contributed by atoms with E-state index in [0.29, 0.717) is 25.4 Å². The SMILES string of the molecule is C=C(C)C(=O)OCCC[Si](C)(C)O[Si](C)(CCCCCO)O[Si](C)CCCOCCOC. The van der Waals surface area contributed by atoms with Crippen molar-refractivity contribution in [2.45, 2.75) is 83.3 Å². The topological polar surface area (TPSA) is 83.5 Å². The van der Waals surface area contributed by atoms with Crippen LogP contribution in [0.25, 0.3) is 0 Å². The zero-order chi connectivity index (χ0) is 24.5. The fourth-order valence-electron chi connectivity index (χ4n) is 3.37. The lowest BCUT2D eigenvalue weighted by Crippen LogP contribution is -2.51. The van der Waals surface area contributed by atoms with Crippen LogP contribution in [0.5, 0.6) is 0 Å². The Labute approximate surface area is 199 Å². The first kappa shape index (κ1) is 31.7. The summed E-state index contributed by atoms with van der Waals surface area (Å²) in [6.45, 7) is 16.7. The summed E-state index contributed by atoms with van der Waals surface area (Å²) in [4.78, 5) is 11.6. The molecule has 0 aromatic rings. The van der Waals surface area contributed by atoms with Crippen molar-refractivity contribution in [3.8, 4) is 0 Å². The summed E-state index contributed by atoms with van der Waals surface area (Å²) in [5.74, 6) is -0.332. The van der Waals surface area contributed by atoms with Crippen molar-refractivity contribution in [1.29, 1.82) is 0 Å². The van der Waals surface area contributed by atoms with Gasteiger partial charge in [-0.05, 0) is 70.5 Å². The van der Waals surface area contributed by atoms with Gasteiger partial charge >= 0.3 is 14.5 Å². The minimum atomic E-state index is -2.34. The second-order valence-electron chi connectivity index (χ2n) is 9.06. The highest BCUT2D eigenvalue weighted by atomic mass is 28.5. The van der Waals surface area contributed by atoms with Crippen LogP contribution in [-0.4, -0.2) is 77.1 Å². The van der Waals surface area contributed by atoms with Crippen molar-refractivity contribution in [3.63, 3.8) is 0 Å². The number of rotatable bonds is 21. The number of carbonyl (C=O) groups excluding carboxylic acids is 1. The molecule has 0 heterocycles. The molecular formula is C22H47O7Si3. The normalized spacial score (nSPS) is 13.9. The van der Waals surface area contributed by atoms with Crippen LogP contribution < -0.4 is 0 Å². The summed E-state index contributed by atoms with van der Waals surface area (Å²) in [6.07, 6.45) is 4.60. The fraction of sp³-hybridized carbons (Fsp3) is 0.864. The van der Waals surface area contributed by atoms with Crippen LogP contribution in [0.2, 0.25) is 44.3 Å². The molecule has 0 amide bonds. The lowest BCUT2D eigenvalue weighted by molar-refractivity contribution is -0.138. The number of ether oxygens (including phenoxy) is 3. The standard InChI is InChI=1S/C22H47O7Si3/c1-21(2)22(24)27-15-12-19-31(5,6)29-32(7,20-10-8-9-13-23)28-30(4)18-11-14-26-17-16-25-3/h23H,1,8-20H2,2-7H3. The van der Waals surface area contributed by atoms with E-state index in [9.17, 15) is 4.79 Å². The quantitative estimate of drug-likeness (QED) is 0.105. The molecule has 0 rings (SSSR count).